The summed E-state index contributed by atoms with van der Waals surface area (Å²) >= 11 is 0. The summed E-state index contributed by atoms with van der Waals surface area (Å²) in [6.45, 7) is 0. The molecule has 212 valence electrons. The molecule has 1 aromatic heterocycles. The Balaban J connectivity index is 1.26. The molecular weight excluding hydrogens is 544 g/mol. The van der Waals surface area contributed by atoms with Crippen LogP contribution in [0.5, 0.6) is 0 Å². The first-order valence-electron chi connectivity index (χ1n) is 15.7. The zero-order valence-corrected chi connectivity index (χ0v) is 24.8. The Morgan fingerprint density at radius 3 is 1.84 bits per heavy atom. The molecule has 0 fully saturated rings. The van der Waals surface area contributed by atoms with Crippen molar-refractivity contribution < 1.29 is 0 Å². The Kier molecular flexibility index (Phi) is 5.89. The van der Waals surface area contributed by atoms with Crippen LogP contribution in [0.1, 0.15) is 45.0 Å². The van der Waals surface area contributed by atoms with Gasteiger partial charge in [0.25, 0.3) is 0 Å². The van der Waals surface area contributed by atoms with Crippen molar-refractivity contribution in [3.8, 4) is 33.6 Å². The van der Waals surface area contributed by atoms with Crippen LogP contribution in [0.4, 0.5) is 0 Å². The average Bonchev–Trinajstić information content (AvgIpc) is 3.59. The molecule has 45 heavy (non-hydrogen) atoms. The smallest absolute Gasteiger partial charge is 0.159 e. The second kappa shape index (κ2) is 10.2. The summed E-state index contributed by atoms with van der Waals surface area (Å²) in [5.41, 5.74) is 14.3. The van der Waals surface area contributed by atoms with E-state index in [2.05, 4.69) is 140 Å². The van der Waals surface area contributed by atoms with Gasteiger partial charge in [-0.1, -0.05) is 158 Å². The lowest BCUT2D eigenvalue weighted by atomic mass is 9.69. The Hall–Kier alpha value is -5.60. The maximum absolute atomic E-state index is 5.43. The van der Waals surface area contributed by atoms with E-state index >= 15 is 0 Å². The molecule has 9 rings (SSSR count). The summed E-state index contributed by atoms with van der Waals surface area (Å²) in [5, 5.41) is 0. The molecule has 0 bridgehead atoms. The third-order valence-corrected chi connectivity index (χ3v) is 9.77. The number of hydrogen-bond acceptors (Lipinski definition) is 2. The summed E-state index contributed by atoms with van der Waals surface area (Å²) in [6, 6.07) is 57.1. The van der Waals surface area contributed by atoms with Gasteiger partial charge in [-0.3, -0.25) is 0 Å². The topological polar surface area (TPSA) is 25.8 Å². The number of nitrogens with zero attached hydrogens (tertiary/aromatic N) is 2. The first-order valence-corrected chi connectivity index (χ1v) is 15.7. The predicted octanol–water partition coefficient (Wildman–Crippen LogP) is 9.86. The Morgan fingerprint density at radius 1 is 0.511 bits per heavy atom. The predicted molar refractivity (Wildman–Crippen MR) is 182 cm³/mol. The highest BCUT2D eigenvalue weighted by Gasteiger charge is 2.48. The fourth-order valence-electron chi connectivity index (χ4n) is 7.85. The van der Waals surface area contributed by atoms with Gasteiger partial charge in [-0.2, -0.15) is 0 Å². The van der Waals surface area contributed by atoms with Crippen LogP contribution in [0, 0.1) is 0 Å². The quantitative estimate of drug-likeness (QED) is 0.204. The van der Waals surface area contributed by atoms with Gasteiger partial charge in [-0.15, -0.1) is 0 Å². The molecule has 0 radical (unpaired) electrons. The molecule has 1 heterocycles. The highest BCUT2D eigenvalue weighted by molar-refractivity contribution is 5.85. The highest BCUT2D eigenvalue weighted by Crippen LogP contribution is 2.55. The molecule has 2 nitrogen and oxygen atoms in total. The van der Waals surface area contributed by atoms with Crippen LogP contribution in [0.25, 0.3) is 33.6 Å². The Bertz CT molecular complexity index is 2160. The molecule has 0 aliphatic heterocycles. The van der Waals surface area contributed by atoms with Crippen LogP contribution in [-0.4, -0.2) is 9.97 Å². The fraction of sp³-hybridized carbons (Fsp3) is 0.0698. The zero-order chi connectivity index (χ0) is 29.8. The van der Waals surface area contributed by atoms with Gasteiger partial charge >= 0.3 is 0 Å². The van der Waals surface area contributed by atoms with Gasteiger partial charge in [0.1, 0.15) is 0 Å². The molecule has 0 amide bonds. The monoisotopic (exact) mass is 574 g/mol. The molecule has 7 aromatic rings. The Labute approximate surface area is 263 Å². The van der Waals surface area contributed by atoms with Crippen LogP contribution in [0.2, 0.25) is 0 Å². The van der Waals surface area contributed by atoms with Crippen molar-refractivity contribution in [1.29, 1.82) is 0 Å². The maximum Gasteiger partial charge on any atom is 0.159 e. The van der Waals surface area contributed by atoms with Crippen LogP contribution in [0.3, 0.4) is 0 Å². The standard InChI is InChI=1S/C43H30N2/c1-3-15-30(16-4-1)42-44-28-39-37-24-11-12-25-40(37)43(41(39)45-42,31-17-5-2-6-18-31)32-19-13-14-29(26-32)27-38-35-22-9-7-20-33(35)34-21-8-10-23-36(34)38/h1-26,28,38H,27H2. The van der Waals surface area contributed by atoms with E-state index in [1.165, 1.54) is 50.1 Å². The summed E-state index contributed by atoms with van der Waals surface area (Å²) in [5.74, 6) is 1.06. The molecule has 6 aromatic carbocycles. The molecule has 0 saturated carbocycles. The normalized spacial score (nSPS) is 16.1. The lowest BCUT2D eigenvalue weighted by molar-refractivity contribution is 0.731. The molecular formula is C43H30N2. The van der Waals surface area contributed by atoms with E-state index in [0.29, 0.717) is 5.92 Å². The largest absolute Gasteiger partial charge is 0.236 e. The number of hydrogen-bond donors (Lipinski definition) is 0. The molecule has 1 atom stereocenters. The minimum Gasteiger partial charge on any atom is -0.236 e. The number of fused-ring (bicyclic) bond motifs is 6. The van der Waals surface area contributed by atoms with Crippen molar-refractivity contribution in [3.63, 3.8) is 0 Å². The second-order valence-corrected chi connectivity index (χ2v) is 12.1. The second-order valence-electron chi connectivity index (χ2n) is 12.1. The molecule has 2 aliphatic carbocycles. The summed E-state index contributed by atoms with van der Waals surface area (Å²) in [6.07, 6.45) is 2.96. The van der Waals surface area contributed by atoms with Crippen molar-refractivity contribution in [1.82, 2.24) is 9.97 Å². The van der Waals surface area contributed by atoms with Crippen LogP contribution in [-0.2, 0) is 11.8 Å². The summed E-state index contributed by atoms with van der Waals surface area (Å²) in [7, 11) is 0. The maximum atomic E-state index is 5.43. The third-order valence-electron chi connectivity index (χ3n) is 9.77. The van der Waals surface area contributed by atoms with E-state index in [-0.39, 0.29) is 0 Å². The minimum atomic E-state index is -0.582. The fourth-order valence-corrected chi connectivity index (χ4v) is 7.85. The number of rotatable bonds is 5. The van der Waals surface area contributed by atoms with Gasteiger partial charge in [-0.25, -0.2) is 9.97 Å². The van der Waals surface area contributed by atoms with Crippen molar-refractivity contribution in [3.05, 3.63) is 203 Å². The van der Waals surface area contributed by atoms with Gasteiger partial charge in [0.15, 0.2) is 5.82 Å². The van der Waals surface area contributed by atoms with Gasteiger partial charge in [0.2, 0.25) is 0 Å². The van der Waals surface area contributed by atoms with Crippen LogP contribution >= 0.6 is 0 Å². The van der Waals surface area contributed by atoms with Crippen LogP contribution in [0.15, 0.2) is 164 Å². The van der Waals surface area contributed by atoms with Gasteiger partial charge in [-0.05, 0) is 56.5 Å². The van der Waals surface area contributed by atoms with E-state index in [1.54, 1.807) is 0 Å². The third kappa shape index (κ3) is 3.89. The van der Waals surface area contributed by atoms with Gasteiger partial charge < -0.3 is 0 Å². The minimum absolute atomic E-state index is 0.315. The average molecular weight is 575 g/mol. The van der Waals surface area contributed by atoms with E-state index in [0.717, 1.165) is 29.1 Å². The van der Waals surface area contributed by atoms with Crippen molar-refractivity contribution >= 4 is 0 Å². The summed E-state index contributed by atoms with van der Waals surface area (Å²) < 4.78 is 0. The van der Waals surface area contributed by atoms with Crippen molar-refractivity contribution in [2.24, 2.45) is 0 Å². The lowest BCUT2D eigenvalue weighted by Gasteiger charge is -2.33. The first kappa shape index (κ1) is 25.9. The van der Waals surface area contributed by atoms with Crippen molar-refractivity contribution in [2.75, 3.05) is 0 Å². The van der Waals surface area contributed by atoms with Crippen LogP contribution < -0.4 is 0 Å². The molecule has 2 aliphatic rings. The highest BCUT2D eigenvalue weighted by atomic mass is 14.9. The molecule has 0 N–H and O–H groups in total. The first-order chi connectivity index (χ1) is 22.3. The lowest BCUT2D eigenvalue weighted by Crippen LogP contribution is -2.30. The van der Waals surface area contributed by atoms with Crippen molar-refractivity contribution in [2.45, 2.75) is 17.8 Å². The number of benzene rings is 6. The van der Waals surface area contributed by atoms with E-state index < -0.39 is 5.41 Å². The molecule has 2 heteroatoms. The van der Waals surface area contributed by atoms with E-state index in [9.17, 15) is 0 Å². The van der Waals surface area contributed by atoms with E-state index in [1.807, 2.05) is 24.4 Å². The van der Waals surface area contributed by atoms with E-state index in [4.69, 9.17) is 9.97 Å². The number of aromatic nitrogens is 2. The summed E-state index contributed by atoms with van der Waals surface area (Å²) in [4.78, 5) is 10.3. The molecule has 1 unspecified atom stereocenters. The Morgan fingerprint density at radius 2 is 1.11 bits per heavy atom. The SMILES string of the molecule is c1ccc(-c2ncc3c(n2)C(c2ccccc2)(c2cccc(CC4c5ccccc5-c5ccccc54)c2)c2ccccc2-3)cc1. The molecule has 0 spiro atoms. The van der Waals surface area contributed by atoms with Gasteiger partial charge in [0, 0.05) is 23.2 Å². The zero-order valence-electron chi connectivity index (χ0n) is 24.8. The van der Waals surface area contributed by atoms with Gasteiger partial charge in [0.05, 0.1) is 11.1 Å². The molecule has 0 saturated heterocycles.